The zero-order valence-corrected chi connectivity index (χ0v) is 33.9. The van der Waals surface area contributed by atoms with E-state index in [9.17, 15) is 34.6 Å². The van der Waals surface area contributed by atoms with Crippen LogP contribution in [0.25, 0.3) is 0 Å². The number of Topliss-reactive ketones (excluding diaryl/α,β-unsaturated/α-hetero) is 1. The predicted octanol–water partition coefficient (Wildman–Crippen LogP) is 4.58. The molecule has 2 N–H and O–H groups in total. The summed E-state index contributed by atoms with van der Waals surface area (Å²) in [5, 5.41) is 39.4. The van der Waals surface area contributed by atoms with Crippen LogP contribution < -0.4 is 20.1 Å². The number of nitro benzene ring substituents is 2. The Morgan fingerprint density at radius 1 is 0.707 bits per heavy atom. The first-order valence-electron chi connectivity index (χ1n) is 18.7. The number of aryl methyl sites for hydroxylation is 4. The number of nitrogens with one attached hydrogen (secondary N) is 2. The largest absolute Gasteiger partial charge is 0.496 e. The van der Waals surface area contributed by atoms with Gasteiger partial charge in [-0.25, -0.2) is 9.59 Å². The van der Waals surface area contributed by atoms with Gasteiger partial charge in [0.25, 0.3) is 11.4 Å². The van der Waals surface area contributed by atoms with Crippen molar-refractivity contribution in [3.63, 3.8) is 0 Å². The lowest BCUT2D eigenvalue weighted by atomic mass is 9.64. The first-order valence-corrected chi connectivity index (χ1v) is 18.7. The Balaban J connectivity index is 1.15. The SMILES string of the molecule is COc1ccc(CNC(=O)N2CC3(C)CN(C(=O)NCc4ccc(OC)c(Cn5cc(C)c(C)n5)c4[N+](=O)[O-])CC(C)(C2)C3=O)c([N+](=O)[O-])c1Cn1cc(C)c(C)n1. The van der Waals surface area contributed by atoms with Crippen LogP contribution in [0.3, 0.4) is 0 Å². The minimum Gasteiger partial charge on any atom is -0.496 e. The smallest absolute Gasteiger partial charge is 0.317 e. The van der Waals surface area contributed by atoms with E-state index in [1.807, 2.05) is 27.7 Å². The first-order chi connectivity index (χ1) is 27.4. The van der Waals surface area contributed by atoms with E-state index in [2.05, 4.69) is 20.8 Å². The summed E-state index contributed by atoms with van der Waals surface area (Å²) in [7, 11) is 2.86. The average molecular weight is 801 g/mol. The highest BCUT2D eigenvalue weighted by atomic mass is 16.6. The van der Waals surface area contributed by atoms with Crippen LogP contribution in [0.2, 0.25) is 0 Å². The molecule has 2 aromatic heterocycles. The number of carbonyl (C=O) groups excluding carboxylic acids is 3. The van der Waals surface area contributed by atoms with E-state index in [4.69, 9.17) is 9.47 Å². The van der Waals surface area contributed by atoms with Gasteiger partial charge < -0.3 is 29.9 Å². The molecular formula is C39H48N10O9. The minimum absolute atomic E-state index is 0.00924. The maximum absolute atomic E-state index is 13.8. The number of ether oxygens (including phenoxy) is 2. The van der Waals surface area contributed by atoms with Gasteiger partial charge in [0.2, 0.25) is 0 Å². The first kappa shape index (κ1) is 41.1. The molecule has 2 aromatic carbocycles. The Morgan fingerprint density at radius 2 is 1.07 bits per heavy atom. The maximum Gasteiger partial charge on any atom is 0.317 e. The van der Waals surface area contributed by atoms with Crippen LogP contribution in [0.5, 0.6) is 11.5 Å². The van der Waals surface area contributed by atoms with E-state index in [0.717, 1.165) is 22.5 Å². The lowest BCUT2D eigenvalue weighted by molar-refractivity contribution is -0.386. The molecule has 6 rings (SSSR count). The fraction of sp³-hybridized carbons (Fsp3) is 0.462. The van der Waals surface area contributed by atoms with E-state index in [0.29, 0.717) is 22.6 Å². The maximum atomic E-state index is 13.8. The van der Waals surface area contributed by atoms with E-state index in [1.165, 1.54) is 36.2 Å². The number of piperidine rings is 2. The van der Waals surface area contributed by atoms with Crippen molar-refractivity contribution in [2.45, 2.75) is 67.7 Å². The number of ketones is 1. The molecule has 0 spiro atoms. The molecule has 0 unspecified atom stereocenters. The predicted molar refractivity (Wildman–Crippen MR) is 210 cm³/mol. The Hall–Kier alpha value is -6.53. The van der Waals surface area contributed by atoms with Gasteiger partial charge in [0.15, 0.2) is 5.78 Å². The second-order valence-corrected chi connectivity index (χ2v) is 15.7. The molecule has 2 aliphatic rings. The third kappa shape index (κ3) is 7.88. The van der Waals surface area contributed by atoms with Gasteiger partial charge in [-0.05, 0) is 76.9 Å². The fourth-order valence-electron chi connectivity index (χ4n) is 8.25. The molecule has 0 radical (unpaired) electrons. The molecule has 0 saturated carbocycles. The lowest BCUT2D eigenvalue weighted by Crippen LogP contribution is -2.70. The Bertz CT molecular complexity index is 2110. The summed E-state index contributed by atoms with van der Waals surface area (Å²) in [5.74, 6) is 0.533. The van der Waals surface area contributed by atoms with Crippen molar-refractivity contribution in [2.75, 3.05) is 40.4 Å². The number of fused-ring (bicyclic) bond motifs is 2. The Kier molecular flexibility index (Phi) is 11.2. The quantitative estimate of drug-likeness (QED) is 0.149. The third-order valence-corrected chi connectivity index (χ3v) is 11.2. The van der Waals surface area contributed by atoms with E-state index < -0.39 is 32.7 Å². The van der Waals surface area contributed by atoms with Gasteiger partial charge in [-0.1, -0.05) is 0 Å². The van der Waals surface area contributed by atoms with Crippen molar-refractivity contribution >= 4 is 29.2 Å². The highest BCUT2D eigenvalue weighted by molar-refractivity contribution is 5.95. The van der Waals surface area contributed by atoms with E-state index in [1.54, 1.807) is 47.7 Å². The topological polar surface area (TPSA) is 222 Å². The van der Waals surface area contributed by atoms with Crippen LogP contribution in [0.1, 0.15) is 58.6 Å². The number of nitro groups is 2. The minimum atomic E-state index is -1.14. The molecule has 2 fully saturated rings. The number of amides is 4. The van der Waals surface area contributed by atoms with Crippen LogP contribution in [-0.2, 0) is 31.0 Å². The van der Waals surface area contributed by atoms with Crippen LogP contribution in [0.4, 0.5) is 21.0 Å². The van der Waals surface area contributed by atoms with Crippen molar-refractivity contribution in [1.82, 2.24) is 40.0 Å². The molecule has 19 nitrogen and oxygen atoms in total. The van der Waals surface area contributed by atoms with E-state index >= 15 is 0 Å². The second kappa shape index (κ2) is 15.8. The van der Waals surface area contributed by atoms with Crippen LogP contribution >= 0.6 is 0 Å². The Labute approximate surface area is 334 Å². The third-order valence-electron chi connectivity index (χ3n) is 11.2. The molecule has 0 atom stereocenters. The standard InChI is InChI=1S/C39H48N10O9/c1-23-15-46(42-25(23)3)17-29-31(57-7)11-9-27(33(29)48(53)54)13-40-36(51)44-19-38(5)21-45(22-39(6,20-44)35(38)50)37(52)41-14-28-10-12-32(58-8)30(34(28)49(55)56)18-47-16-24(2)26(4)43-47/h9-12,15-16H,13-14,17-22H2,1-8H3,(H,40,51)(H,41,52). The van der Waals surface area contributed by atoms with E-state index in [-0.39, 0.29) is 80.6 Å². The summed E-state index contributed by atoms with van der Waals surface area (Å²) < 4.78 is 14.2. The van der Waals surface area contributed by atoms with Crippen LogP contribution in [-0.4, -0.2) is 97.5 Å². The number of rotatable bonds is 12. The molecule has 4 aromatic rings. The zero-order valence-electron chi connectivity index (χ0n) is 33.9. The van der Waals surface area contributed by atoms with Crippen LogP contribution in [0.15, 0.2) is 36.7 Å². The molecule has 58 heavy (non-hydrogen) atoms. The molecule has 2 aliphatic heterocycles. The number of aromatic nitrogens is 4. The van der Waals surface area contributed by atoms with Gasteiger partial charge >= 0.3 is 12.1 Å². The van der Waals surface area contributed by atoms with Crippen molar-refractivity contribution in [2.24, 2.45) is 10.8 Å². The number of urea groups is 2. The van der Waals surface area contributed by atoms with Crippen LogP contribution in [0, 0.1) is 58.8 Å². The number of hydrogen-bond donors (Lipinski definition) is 2. The molecule has 4 heterocycles. The van der Waals surface area contributed by atoms with Gasteiger partial charge in [0, 0.05) is 49.7 Å². The molecule has 19 heteroatoms. The van der Waals surface area contributed by atoms with Gasteiger partial charge in [0.1, 0.15) is 11.5 Å². The molecule has 308 valence electrons. The average Bonchev–Trinajstić information content (AvgIpc) is 3.66. The number of methoxy groups -OCH3 is 2. The molecular weight excluding hydrogens is 752 g/mol. The molecule has 0 aliphatic carbocycles. The number of benzene rings is 2. The number of carbonyl (C=O) groups is 3. The number of nitrogens with zero attached hydrogens (tertiary/aromatic N) is 8. The van der Waals surface area contributed by atoms with Gasteiger partial charge in [0.05, 0.1) is 83.6 Å². The second-order valence-electron chi connectivity index (χ2n) is 15.7. The van der Waals surface area contributed by atoms with Crippen molar-refractivity contribution in [1.29, 1.82) is 0 Å². The highest BCUT2D eigenvalue weighted by Gasteiger charge is 2.57. The summed E-state index contributed by atoms with van der Waals surface area (Å²) in [6, 6.07) is 5.28. The van der Waals surface area contributed by atoms with Crippen molar-refractivity contribution < 1.29 is 33.7 Å². The fourth-order valence-corrected chi connectivity index (χ4v) is 8.25. The van der Waals surface area contributed by atoms with Crippen molar-refractivity contribution in [3.05, 3.63) is 102 Å². The summed E-state index contributed by atoms with van der Waals surface area (Å²) in [4.78, 5) is 68.1. The molecule has 4 amide bonds. The monoisotopic (exact) mass is 800 g/mol. The highest BCUT2D eigenvalue weighted by Crippen LogP contribution is 2.43. The van der Waals surface area contributed by atoms with Gasteiger partial charge in [-0.3, -0.25) is 34.4 Å². The van der Waals surface area contributed by atoms with Gasteiger partial charge in [-0.15, -0.1) is 0 Å². The summed E-state index contributed by atoms with van der Waals surface area (Å²) in [6.45, 7) is 10.7. The normalized spacial score (nSPS) is 18.9. The summed E-state index contributed by atoms with van der Waals surface area (Å²) >= 11 is 0. The molecule has 2 saturated heterocycles. The number of hydrogen-bond acceptors (Lipinski definition) is 11. The summed E-state index contributed by atoms with van der Waals surface area (Å²) in [6.07, 6.45) is 3.59. The summed E-state index contributed by atoms with van der Waals surface area (Å²) in [5.41, 5.74) is 1.91. The Morgan fingerprint density at radius 3 is 1.36 bits per heavy atom. The molecule has 2 bridgehead atoms. The number of likely N-dealkylation sites (tertiary alicyclic amines) is 2. The van der Waals surface area contributed by atoms with Crippen molar-refractivity contribution in [3.8, 4) is 11.5 Å². The van der Waals surface area contributed by atoms with Gasteiger partial charge in [-0.2, -0.15) is 10.2 Å². The lowest BCUT2D eigenvalue weighted by Gasteiger charge is -2.54. The zero-order chi connectivity index (χ0) is 42.3.